The van der Waals surface area contributed by atoms with E-state index in [1.165, 1.54) is 6.07 Å². The van der Waals surface area contributed by atoms with E-state index in [1.54, 1.807) is 12.1 Å². The van der Waals surface area contributed by atoms with Crippen molar-refractivity contribution in [3.63, 3.8) is 0 Å². The molecule has 0 saturated heterocycles. The van der Waals surface area contributed by atoms with Crippen LogP contribution in [0.5, 0.6) is 0 Å². The average molecular weight is 302 g/mol. The van der Waals surface area contributed by atoms with Gasteiger partial charge in [-0.05, 0) is 37.0 Å². The first-order chi connectivity index (χ1) is 8.95. The van der Waals surface area contributed by atoms with Gasteiger partial charge in [-0.25, -0.2) is 8.42 Å². The fourth-order valence-corrected chi connectivity index (χ4v) is 5.25. The van der Waals surface area contributed by atoms with Crippen molar-refractivity contribution in [2.45, 2.75) is 49.2 Å². The fourth-order valence-electron chi connectivity index (χ4n) is 2.81. The Morgan fingerprint density at radius 2 is 2.11 bits per heavy atom. The van der Waals surface area contributed by atoms with Crippen LogP contribution in [0.4, 0.5) is 5.69 Å². The molecule has 2 N–H and O–H groups in total. The van der Waals surface area contributed by atoms with Crippen LogP contribution < -0.4 is 5.73 Å². The molecule has 0 heterocycles. The maximum absolute atomic E-state index is 12.7. The van der Waals surface area contributed by atoms with Crippen molar-refractivity contribution in [2.75, 3.05) is 5.73 Å². The average Bonchev–Trinajstić information content (AvgIpc) is 2.41. The predicted octanol–water partition coefficient (Wildman–Crippen LogP) is 3.66. The highest BCUT2D eigenvalue weighted by atomic mass is 35.5. The van der Waals surface area contributed by atoms with Gasteiger partial charge in [0.05, 0.1) is 15.2 Å². The van der Waals surface area contributed by atoms with Gasteiger partial charge in [0, 0.05) is 5.69 Å². The number of hydrogen-bond acceptors (Lipinski definition) is 3. The Balaban J connectivity index is 2.34. The lowest BCUT2D eigenvalue weighted by atomic mass is 9.87. The zero-order valence-corrected chi connectivity index (χ0v) is 12.7. The number of rotatable bonds is 3. The highest BCUT2D eigenvalue weighted by Crippen LogP contribution is 2.36. The van der Waals surface area contributed by atoms with Crippen LogP contribution in [0.25, 0.3) is 0 Å². The summed E-state index contributed by atoms with van der Waals surface area (Å²) in [6.45, 7) is 2.12. The van der Waals surface area contributed by atoms with Gasteiger partial charge in [0.15, 0.2) is 9.84 Å². The monoisotopic (exact) mass is 301 g/mol. The highest BCUT2D eigenvalue weighted by molar-refractivity contribution is 7.92. The molecule has 0 amide bonds. The summed E-state index contributed by atoms with van der Waals surface area (Å²) in [6.07, 6.45) is 4.61. The Morgan fingerprint density at radius 3 is 2.79 bits per heavy atom. The molecule has 0 aromatic heterocycles. The van der Waals surface area contributed by atoms with Crippen molar-refractivity contribution in [1.29, 1.82) is 0 Å². The van der Waals surface area contributed by atoms with Gasteiger partial charge in [-0.2, -0.15) is 0 Å². The first-order valence-electron chi connectivity index (χ1n) is 6.74. The highest BCUT2D eigenvalue weighted by Gasteiger charge is 2.33. The Bertz CT molecular complexity index is 557. The molecule has 1 aliphatic rings. The summed E-state index contributed by atoms with van der Waals surface area (Å²) < 4.78 is 25.4. The third-order valence-electron chi connectivity index (χ3n) is 4.01. The van der Waals surface area contributed by atoms with E-state index in [4.69, 9.17) is 17.3 Å². The van der Waals surface area contributed by atoms with E-state index in [1.807, 2.05) is 0 Å². The number of sulfone groups is 1. The van der Waals surface area contributed by atoms with Gasteiger partial charge >= 0.3 is 0 Å². The van der Waals surface area contributed by atoms with Crippen LogP contribution >= 0.6 is 11.6 Å². The van der Waals surface area contributed by atoms with Crippen LogP contribution in [0.15, 0.2) is 23.1 Å². The standard InChI is InChI=1S/C14H20ClNO2S/c1-2-10-4-3-5-12(8-10)19(17,18)14-9-11(16)6-7-13(14)15/h6-7,9-10,12H,2-5,8,16H2,1H3. The quantitative estimate of drug-likeness (QED) is 0.867. The molecule has 106 valence electrons. The topological polar surface area (TPSA) is 60.2 Å². The number of halogens is 1. The number of nitrogens with two attached hydrogens (primary N) is 1. The Kier molecular flexibility index (Phi) is 4.41. The van der Waals surface area contributed by atoms with Crippen molar-refractivity contribution >= 4 is 27.1 Å². The van der Waals surface area contributed by atoms with E-state index in [0.717, 1.165) is 32.1 Å². The minimum absolute atomic E-state index is 0.191. The molecule has 5 heteroatoms. The molecule has 1 saturated carbocycles. The molecule has 2 atom stereocenters. The molecule has 0 aliphatic heterocycles. The van der Waals surface area contributed by atoms with Gasteiger partial charge in [-0.3, -0.25) is 0 Å². The summed E-state index contributed by atoms with van der Waals surface area (Å²) in [6, 6.07) is 4.66. The third-order valence-corrected chi connectivity index (χ3v) is 6.71. The molecule has 1 aromatic carbocycles. The lowest BCUT2D eigenvalue weighted by Gasteiger charge is -2.28. The van der Waals surface area contributed by atoms with Crippen molar-refractivity contribution < 1.29 is 8.42 Å². The van der Waals surface area contributed by atoms with Crippen molar-refractivity contribution in [1.82, 2.24) is 0 Å². The Hall–Kier alpha value is -0.740. The SMILES string of the molecule is CCC1CCCC(S(=O)(=O)c2cc(N)ccc2Cl)C1. The molecule has 0 radical (unpaired) electrons. The third kappa shape index (κ3) is 3.06. The summed E-state index contributed by atoms with van der Waals surface area (Å²) in [5.74, 6) is 0.508. The van der Waals surface area contributed by atoms with Gasteiger partial charge in [-0.15, -0.1) is 0 Å². The van der Waals surface area contributed by atoms with Crippen LogP contribution in [0, 0.1) is 5.92 Å². The molecule has 1 aromatic rings. The van der Waals surface area contributed by atoms with Gasteiger partial charge in [-0.1, -0.05) is 37.8 Å². The van der Waals surface area contributed by atoms with E-state index in [2.05, 4.69) is 6.92 Å². The van der Waals surface area contributed by atoms with E-state index >= 15 is 0 Å². The van der Waals surface area contributed by atoms with Gasteiger partial charge < -0.3 is 5.73 Å². The first kappa shape index (κ1) is 14.7. The first-order valence-corrected chi connectivity index (χ1v) is 8.66. The molecule has 1 aliphatic carbocycles. The zero-order valence-electron chi connectivity index (χ0n) is 11.1. The van der Waals surface area contributed by atoms with Crippen LogP contribution in [-0.2, 0) is 9.84 Å². The van der Waals surface area contributed by atoms with Gasteiger partial charge in [0.1, 0.15) is 0 Å². The second-order valence-electron chi connectivity index (χ2n) is 5.30. The van der Waals surface area contributed by atoms with Gasteiger partial charge in [0.25, 0.3) is 0 Å². The second kappa shape index (κ2) is 5.71. The van der Waals surface area contributed by atoms with Crippen molar-refractivity contribution in [3.8, 4) is 0 Å². The largest absolute Gasteiger partial charge is 0.399 e. The van der Waals surface area contributed by atoms with Crippen LogP contribution in [0.3, 0.4) is 0 Å². The minimum atomic E-state index is -3.37. The maximum Gasteiger partial charge on any atom is 0.182 e. The van der Waals surface area contributed by atoms with Crippen molar-refractivity contribution in [2.24, 2.45) is 5.92 Å². The van der Waals surface area contributed by atoms with E-state index in [9.17, 15) is 8.42 Å². The summed E-state index contributed by atoms with van der Waals surface area (Å²) in [4.78, 5) is 0.191. The summed E-state index contributed by atoms with van der Waals surface area (Å²) in [7, 11) is -3.37. The van der Waals surface area contributed by atoms with E-state index < -0.39 is 9.84 Å². The number of nitrogen functional groups attached to an aromatic ring is 1. The smallest absolute Gasteiger partial charge is 0.182 e. The molecule has 2 unspecified atom stereocenters. The Morgan fingerprint density at radius 1 is 1.37 bits per heavy atom. The van der Waals surface area contributed by atoms with Crippen LogP contribution in [0.1, 0.15) is 39.0 Å². The normalized spacial score (nSPS) is 24.3. The predicted molar refractivity (Wildman–Crippen MR) is 79.1 cm³/mol. The summed E-state index contributed by atoms with van der Waals surface area (Å²) in [5.41, 5.74) is 6.12. The molecular weight excluding hydrogens is 282 g/mol. The minimum Gasteiger partial charge on any atom is -0.399 e. The summed E-state index contributed by atoms with van der Waals surface area (Å²) in [5, 5.41) is -0.0432. The maximum atomic E-state index is 12.7. The molecule has 0 spiro atoms. The lowest BCUT2D eigenvalue weighted by molar-refractivity contribution is 0.348. The van der Waals surface area contributed by atoms with Gasteiger partial charge in [0.2, 0.25) is 0 Å². The van der Waals surface area contributed by atoms with Crippen LogP contribution in [0.2, 0.25) is 5.02 Å². The molecule has 0 bridgehead atoms. The molecule has 2 rings (SSSR count). The Labute approximate surface area is 120 Å². The van der Waals surface area contributed by atoms with Crippen LogP contribution in [-0.4, -0.2) is 13.7 Å². The zero-order chi connectivity index (χ0) is 14.0. The summed E-state index contributed by atoms with van der Waals surface area (Å²) >= 11 is 6.04. The number of anilines is 1. The fraction of sp³-hybridized carbons (Fsp3) is 0.571. The molecule has 1 fully saturated rings. The number of benzene rings is 1. The molecular formula is C14H20ClNO2S. The van der Waals surface area contributed by atoms with Crippen molar-refractivity contribution in [3.05, 3.63) is 23.2 Å². The molecule has 3 nitrogen and oxygen atoms in total. The second-order valence-corrected chi connectivity index (χ2v) is 7.90. The lowest BCUT2D eigenvalue weighted by Crippen LogP contribution is -2.28. The van der Waals surface area contributed by atoms with E-state index in [-0.39, 0.29) is 15.2 Å². The number of hydrogen-bond donors (Lipinski definition) is 1. The molecule has 19 heavy (non-hydrogen) atoms. The van der Waals surface area contributed by atoms with E-state index in [0.29, 0.717) is 11.6 Å².